The van der Waals surface area contributed by atoms with Crippen LogP contribution in [0.2, 0.25) is 0 Å². The number of alkyl carbamates (subject to hydrolysis) is 1. The molecule has 1 unspecified atom stereocenters. The summed E-state index contributed by atoms with van der Waals surface area (Å²) in [5.74, 6) is -0.796. The summed E-state index contributed by atoms with van der Waals surface area (Å²) in [7, 11) is 1.55. The highest BCUT2D eigenvalue weighted by molar-refractivity contribution is 7.17. The summed E-state index contributed by atoms with van der Waals surface area (Å²) < 4.78 is 11.5. The number of rotatable bonds is 11. The Morgan fingerprint density at radius 1 is 0.892 bits per heavy atom. The lowest BCUT2D eigenvalue weighted by Gasteiger charge is -2.25. The molecule has 9 heteroatoms. The second kappa shape index (κ2) is 13.2. The van der Waals surface area contributed by atoms with Gasteiger partial charge in [-0.25, -0.2) is 4.79 Å². The van der Waals surface area contributed by atoms with Gasteiger partial charge in [0.15, 0.2) is 0 Å². The molecule has 8 nitrogen and oxygen atoms in total. The van der Waals surface area contributed by atoms with E-state index >= 15 is 0 Å². The Labute approximate surface area is 221 Å². The molecule has 0 aliphatic carbocycles. The highest BCUT2D eigenvalue weighted by atomic mass is 32.1. The lowest BCUT2D eigenvalue weighted by Crippen LogP contribution is -2.55. The minimum absolute atomic E-state index is 0.248. The molecule has 0 bridgehead atoms. The Bertz CT molecular complexity index is 1190. The number of hydrogen-bond acceptors (Lipinski definition) is 6. The molecule has 1 heterocycles. The van der Waals surface area contributed by atoms with Crippen LogP contribution in [0.15, 0.2) is 60.0 Å². The number of methoxy groups -OCH3 is 1. The van der Waals surface area contributed by atoms with E-state index < -0.39 is 29.7 Å². The van der Waals surface area contributed by atoms with Crippen LogP contribution >= 0.6 is 11.3 Å². The normalized spacial score (nSPS) is 13.0. The molecule has 198 valence electrons. The molecule has 0 aliphatic heterocycles. The van der Waals surface area contributed by atoms with Crippen molar-refractivity contribution in [1.29, 1.82) is 0 Å². The number of carbonyl (C=O) groups excluding carboxylic acids is 3. The number of carbonyl (C=O) groups is 3. The van der Waals surface area contributed by atoms with E-state index in [1.165, 1.54) is 0 Å². The fourth-order valence-corrected chi connectivity index (χ4v) is 4.78. The number of amides is 3. The van der Waals surface area contributed by atoms with Crippen molar-refractivity contribution in [3.8, 4) is 0 Å². The molecule has 1 aromatic heterocycles. The number of hydrogen-bond donors (Lipinski definition) is 3. The molecule has 37 heavy (non-hydrogen) atoms. The zero-order valence-corrected chi connectivity index (χ0v) is 22.5. The maximum absolute atomic E-state index is 13.6. The maximum Gasteiger partial charge on any atom is 0.408 e. The van der Waals surface area contributed by atoms with Crippen LogP contribution in [-0.2, 0) is 31.9 Å². The third-order valence-electron chi connectivity index (χ3n) is 5.51. The van der Waals surface area contributed by atoms with Crippen molar-refractivity contribution in [3.05, 3.63) is 71.1 Å². The highest BCUT2D eigenvalue weighted by Crippen LogP contribution is 2.26. The summed E-state index contributed by atoms with van der Waals surface area (Å²) in [5.41, 5.74) is 1.10. The molecule has 3 rings (SSSR count). The Hall–Kier alpha value is -3.43. The molecule has 3 amide bonds. The lowest BCUT2D eigenvalue weighted by atomic mass is 10.0. The molecular formula is C28H35N3O5S. The van der Waals surface area contributed by atoms with Gasteiger partial charge in [-0.3, -0.25) is 9.59 Å². The molecule has 3 aromatic rings. The van der Waals surface area contributed by atoms with Gasteiger partial charge in [-0.05, 0) is 48.7 Å². The van der Waals surface area contributed by atoms with Crippen LogP contribution in [-0.4, -0.2) is 55.9 Å². The van der Waals surface area contributed by atoms with Gasteiger partial charge in [0.1, 0.15) is 17.7 Å². The number of thiophene rings is 1. The topological polar surface area (TPSA) is 106 Å². The van der Waals surface area contributed by atoms with Crippen LogP contribution in [0.4, 0.5) is 4.79 Å². The van der Waals surface area contributed by atoms with Crippen LogP contribution in [0, 0.1) is 0 Å². The smallest absolute Gasteiger partial charge is 0.408 e. The predicted molar refractivity (Wildman–Crippen MR) is 146 cm³/mol. The van der Waals surface area contributed by atoms with Gasteiger partial charge in [0.05, 0.1) is 6.61 Å². The average Bonchev–Trinajstić information content (AvgIpc) is 3.25. The van der Waals surface area contributed by atoms with Gasteiger partial charge in [0.2, 0.25) is 11.8 Å². The Balaban J connectivity index is 1.82. The highest BCUT2D eigenvalue weighted by Gasteiger charge is 2.29. The van der Waals surface area contributed by atoms with E-state index in [9.17, 15) is 14.4 Å². The van der Waals surface area contributed by atoms with Gasteiger partial charge in [-0.1, -0.05) is 48.5 Å². The van der Waals surface area contributed by atoms with Crippen LogP contribution < -0.4 is 16.0 Å². The van der Waals surface area contributed by atoms with Crippen molar-refractivity contribution >= 4 is 39.3 Å². The van der Waals surface area contributed by atoms with E-state index in [2.05, 4.69) is 16.0 Å². The molecule has 0 saturated heterocycles. The van der Waals surface area contributed by atoms with E-state index in [0.717, 1.165) is 21.2 Å². The summed E-state index contributed by atoms with van der Waals surface area (Å²) in [5, 5.41) is 11.4. The minimum Gasteiger partial charge on any atom is -0.444 e. The molecule has 3 N–H and O–H groups in total. The Kier molecular flexibility index (Phi) is 10.0. The van der Waals surface area contributed by atoms with Crippen LogP contribution in [0.3, 0.4) is 0 Å². The summed E-state index contributed by atoms with van der Waals surface area (Å²) in [6.45, 7) is 5.94. The second-order valence-corrected chi connectivity index (χ2v) is 10.6. The predicted octanol–water partition coefficient (Wildman–Crippen LogP) is 3.83. The number of benzene rings is 2. The Morgan fingerprint density at radius 2 is 1.57 bits per heavy atom. The van der Waals surface area contributed by atoms with Crippen molar-refractivity contribution in [3.63, 3.8) is 0 Å². The van der Waals surface area contributed by atoms with E-state index in [-0.39, 0.29) is 12.3 Å². The van der Waals surface area contributed by atoms with Gasteiger partial charge in [0.25, 0.3) is 0 Å². The molecule has 0 spiro atoms. The number of nitrogens with one attached hydrogen (secondary N) is 3. The second-order valence-electron chi connectivity index (χ2n) is 9.69. The first-order valence-electron chi connectivity index (χ1n) is 12.2. The van der Waals surface area contributed by atoms with Gasteiger partial charge in [0, 0.05) is 31.2 Å². The van der Waals surface area contributed by atoms with Crippen molar-refractivity contribution in [2.24, 2.45) is 0 Å². The first-order valence-corrected chi connectivity index (χ1v) is 13.1. The standard InChI is InChI=1S/C28H35N3O5S/c1-28(2,3)36-27(34)31-23(17-20-18-37-24-13-9-8-12-21(20)24)26(33)30-22(25(32)29-14-15-35-4)16-19-10-6-5-7-11-19/h5-13,18,22-23H,14-17H2,1-4H3,(H,29,32)(H,30,33)(H,31,34)/t22?,23-/m0/s1. The van der Waals surface area contributed by atoms with E-state index in [1.807, 2.05) is 60.0 Å². The van der Waals surface area contributed by atoms with Crippen LogP contribution in [0.5, 0.6) is 0 Å². The van der Waals surface area contributed by atoms with Gasteiger partial charge < -0.3 is 25.4 Å². The molecule has 0 saturated carbocycles. The fraction of sp³-hybridized carbons (Fsp3) is 0.393. The van der Waals surface area contributed by atoms with Crippen molar-refractivity contribution < 1.29 is 23.9 Å². The quantitative estimate of drug-likeness (QED) is 0.330. The molecule has 2 aromatic carbocycles. The molecular weight excluding hydrogens is 490 g/mol. The number of fused-ring (bicyclic) bond motifs is 1. The summed E-state index contributed by atoms with van der Waals surface area (Å²) >= 11 is 1.58. The van der Waals surface area contributed by atoms with E-state index in [0.29, 0.717) is 19.6 Å². The van der Waals surface area contributed by atoms with Crippen molar-refractivity contribution in [2.75, 3.05) is 20.3 Å². The van der Waals surface area contributed by atoms with Crippen molar-refractivity contribution in [2.45, 2.75) is 51.3 Å². The zero-order chi connectivity index (χ0) is 26.8. The molecule has 0 radical (unpaired) electrons. The van der Waals surface area contributed by atoms with Crippen LogP contribution in [0.1, 0.15) is 31.9 Å². The Morgan fingerprint density at radius 3 is 2.27 bits per heavy atom. The monoisotopic (exact) mass is 525 g/mol. The van der Waals surface area contributed by atoms with Gasteiger partial charge in [-0.15, -0.1) is 11.3 Å². The zero-order valence-electron chi connectivity index (χ0n) is 21.7. The summed E-state index contributed by atoms with van der Waals surface area (Å²) in [6.07, 6.45) is -0.152. The lowest BCUT2D eigenvalue weighted by molar-refractivity contribution is -0.130. The molecule has 0 aliphatic rings. The fourth-order valence-electron chi connectivity index (χ4n) is 3.80. The molecule has 2 atom stereocenters. The third-order valence-corrected chi connectivity index (χ3v) is 6.53. The van der Waals surface area contributed by atoms with Gasteiger partial charge >= 0.3 is 6.09 Å². The SMILES string of the molecule is COCCNC(=O)C(Cc1ccccc1)NC(=O)[C@H](Cc1csc2ccccc12)NC(=O)OC(C)(C)C. The first kappa shape index (κ1) is 28.1. The third kappa shape index (κ3) is 8.87. The van der Waals surface area contributed by atoms with Gasteiger partial charge in [-0.2, -0.15) is 0 Å². The summed E-state index contributed by atoms with van der Waals surface area (Å²) in [6, 6.07) is 15.6. The maximum atomic E-state index is 13.6. The number of ether oxygens (including phenoxy) is 2. The van der Waals surface area contributed by atoms with E-state index in [1.54, 1.807) is 39.2 Å². The summed E-state index contributed by atoms with van der Waals surface area (Å²) in [4.78, 5) is 39.2. The average molecular weight is 526 g/mol. The largest absolute Gasteiger partial charge is 0.444 e. The van der Waals surface area contributed by atoms with Crippen molar-refractivity contribution in [1.82, 2.24) is 16.0 Å². The molecule has 0 fully saturated rings. The van der Waals surface area contributed by atoms with E-state index in [4.69, 9.17) is 9.47 Å². The minimum atomic E-state index is -0.946. The van der Waals surface area contributed by atoms with Crippen LogP contribution in [0.25, 0.3) is 10.1 Å². The first-order chi connectivity index (χ1) is 17.7.